The molecule has 0 spiro atoms. The van der Waals surface area contributed by atoms with Crippen LogP contribution in [0.25, 0.3) is 0 Å². The first-order valence-electron chi connectivity index (χ1n) is 5.32. The second-order valence-electron chi connectivity index (χ2n) is 4.27. The first kappa shape index (κ1) is 9.38. The highest BCUT2D eigenvalue weighted by molar-refractivity contribution is 5.54. The maximum Gasteiger partial charge on any atom is 0.0372 e. The fourth-order valence-electron chi connectivity index (χ4n) is 2.35. The molecule has 0 aliphatic carbocycles. The van der Waals surface area contributed by atoms with Crippen molar-refractivity contribution in [2.75, 3.05) is 10.6 Å². The lowest BCUT2D eigenvalue weighted by molar-refractivity contribution is 0.694. The van der Waals surface area contributed by atoms with E-state index in [1.807, 2.05) is 12.1 Å². The number of anilines is 2. The van der Waals surface area contributed by atoms with Crippen molar-refractivity contribution in [2.45, 2.75) is 38.8 Å². The molecule has 0 bridgehead atoms. The third-order valence-electron chi connectivity index (χ3n) is 3.14. The summed E-state index contributed by atoms with van der Waals surface area (Å²) in [5, 5.41) is 0. The molecular weight excluding hydrogens is 172 g/mol. The van der Waals surface area contributed by atoms with Gasteiger partial charge in [-0.25, -0.2) is 0 Å². The van der Waals surface area contributed by atoms with Crippen molar-refractivity contribution in [3.63, 3.8) is 0 Å². The lowest BCUT2D eigenvalue weighted by Gasteiger charge is -2.28. The van der Waals surface area contributed by atoms with E-state index in [0.29, 0.717) is 12.1 Å². The van der Waals surface area contributed by atoms with Crippen LogP contribution in [-0.2, 0) is 0 Å². The van der Waals surface area contributed by atoms with E-state index in [9.17, 15) is 0 Å². The molecular formula is C12H18N2. The predicted molar refractivity (Wildman–Crippen MR) is 61.5 cm³/mol. The summed E-state index contributed by atoms with van der Waals surface area (Å²) >= 11 is 0. The highest BCUT2D eigenvalue weighted by Crippen LogP contribution is 2.30. The first-order valence-corrected chi connectivity index (χ1v) is 5.32. The molecule has 14 heavy (non-hydrogen) atoms. The largest absolute Gasteiger partial charge is 0.399 e. The van der Waals surface area contributed by atoms with E-state index in [0.717, 1.165) is 5.69 Å². The van der Waals surface area contributed by atoms with Crippen LogP contribution in [0.3, 0.4) is 0 Å². The zero-order valence-corrected chi connectivity index (χ0v) is 8.90. The molecule has 1 aliphatic heterocycles. The van der Waals surface area contributed by atoms with Gasteiger partial charge in [0.25, 0.3) is 0 Å². The Balaban J connectivity index is 2.25. The van der Waals surface area contributed by atoms with Crippen molar-refractivity contribution in [1.82, 2.24) is 0 Å². The van der Waals surface area contributed by atoms with Crippen LogP contribution in [0.15, 0.2) is 24.3 Å². The standard InChI is InChI=1S/C12H18N2/c1-9-3-4-10(2)14(9)12-7-5-11(13)6-8-12/h5-10H,3-4,13H2,1-2H3/t9-,10-/m1/s1. The van der Waals surface area contributed by atoms with Crippen molar-refractivity contribution in [2.24, 2.45) is 0 Å². The zero-order chi connectivity index (χ0) is 10.1. The van der Waals surface area contributed by atoms with Crippen molar-refractivity contribution in [3.05, 3.63) is 24.3 Å². The molecule has 0 saturated carbocycles. The Morgan fingerprint density at radius 3 is 2.07 bits per heavy atom. The minimum absolute atomic E-state index is 0.661. The molecule has 1 aromatic carbocycles. The maximum atomic E-state index is 5.68. The molecule has 1 aliphatic rings. The van der Waals surface area contributed by atoms with Gasteiger partial charge < -0.3 is 10.6 Å². The Bertz CT molecular complexity index is 295. The summed E-state index contributed by atoms with van der Waals surface area (Å²) in [6.07, 6.45) is 2.59. The summed E-state index contributed by atoms with van der Waals surface area (Å²) in [5.74, 6) is 0. The number of hydrogen-bond donors (Lipinski definition) is 1. The quantitative estimate of drug-likeness (QED) is 0.690. The van der Waals surface area contributed by atoms with E-state index >= 15 is 0 Å². The van der Waals surface area contributed by atoms with Crippen LogP contribution >= 0.6 is 0 Å². The summed E-state index contributed by atoms with van der Waals surface area (Å²) < 4.78 is 0. The Hall–Kier alpha value is -1.18. The van der Waals surface area contributed by atoms with Gasteiger partial charge >= 0.3 is 0 Å². The van der Waals surface area contributed by atoms with Gasteiger partial charge in [-0.15, -0.1) is 0 Å². The third kappa shape index (κ3) is 1.57. The number of nitrogens with zero attached hydrogens (tertiary/aromatic N) is 1. The second-order valence-corrected chi connectivity index (χ2v) is 4.27. The summed E-state index contributed by atoms with van der Waals surface area (Å²) in [4.78, 5) is 2.49. The maximum absolute atomic E-state index is 5.68. The minimum Gasteiger partial charge on any atom is -0.399 e. The summed E-state index contributed by atoms with van der Waals surface area (Å²) in [6, 6.07) is 9.52. The summed E-state index contributed by atoms with van der Waals surface area (Å²) in [5.41, 5.74) is 7.82. The van der Waals surface area contributed by atoms with Gasteiger partial charge in [-0.2, -0.15) is 0 Å². The molecule has 2 N–H and O–H groups in total. The number of nitrogens with two attached hydrogens (primary N) is 1. The lowest BCUT2D eigenvalue weighted by Crippen LogP contribution is -2.32. The highest BCUT2D eigenvalue weighted by atomic mass is 15.2. The van der Waals surface area contributed by atoms with Gasteiger partial charge in [-0.3, -0.25) is 0 Å². The fourth-order valence-corrected chi connectivity index (χ4v) is 2.35. The van der Waals surface area contributed by atoms with E-state index in [1.165, 1.54) is 18.5 Å². The number of hydrogen-bond acceptors (Lipinski definition) is 2. The Morgan fingerprint density at radius 1 is 1.07 bits per heavy atom. The van der Waals surface area contributed by atoms with Crippen LogP contribution in [0, 0.1) is 0 Å². The fraction of sp³-hybridized carbons (Fsp3) is 0.500. The minimum atomic E-state index is 0.661. The first-order chi connectivity index (χ1) is 6.68. The Labute approximate surface area is 85.7 Å². The van der Waals surface area contributed by atoms with E-state index < -0.39 is 0 Å². The van der Waals surface area contributed by atoms with E-state index in [4.69, 9.17) is 5.73 Å². The SMILES string of the molecule is C[C@@H]1CC[C@@H](C)N1c1ccc(N)cc1. The molecule has 0 amide bonds. The van der Waals surface area contributed by atoms with E-state index in [2.05, 4.69) is 30.9 Å². The van der Waals surface area contributed by atoms with Gasteiger partial charge in [0.2, 0.25) is 0 Å². The van der Waals surface area contributed by atoms with Crippen LogP contribution in [0.1, 0.15) is 26.7 Å². The van der Waals surface area contributed by atoms with Gasteiger partial charge in [-0.05, 0) is 51.0 Å². The molecule has 2 heteroatoms. The number of rotatable bonds is 1. The van der Waals surface area contributed by atoms with E-state index in [1.54, 1.807) is 0 Å². The molecule has 0 unspecified atom stereocenters. The Kier molecular flexibility index (Phi) is 2.36. The van der Waals surface area contributed by atoms with Gasteiger partial charge in [0, 0.05) is 23.5 Å². The van der Waals surface area contributed by atoms with Crippen molar-refractivity contribution in [3.8, 4) is 0 Å². The van der Waals surface area contributed by atoms with Crippen LogP contribution in [0.5, 0.6) is 0 Å². The van der Waals surface area contributed by atoms with Crippen LogP contribution in [-0.4, -0.2) is 12.1 Å². The molecule has 0 aromatic heterocycles. The molecule has 2 nitrogen and oxygen atoms in total. The molecule has 0 radical (unpaired) electrons. The van der Waals surface area contributed by atoms with Gasteiger partial charge in [0.1, 0.15) is 0 Å². The predicted octanol–water partition coefficient (Wildman–Crippen LogP) is 2.65. The highest BCUT2D eigenvalue weighted by Gasteiger charge is 2.26. The Morgan fingerprint density at radius 2 is 1.57 bits per heavy atom. The lowest BCUT2D eigenvalue weighted by atomic mass is 10.2. The van der Waals surface area contributed by atoms with Crippen LogP contribution in [0.2, 0.25) is 0 Å². The average molecular weight is 190 g/mol. The normalized spacial score (nSPS) is 26.9. The van der Waals surface area contributed by atoms with Crippen LogP contribution < -0.4 is 10.6 Å². The molecule has 2 atom stereocenters. The second kappa shape index (κ2) is 3.52. The molecule has 76 valence electrons. The molecule has 1 fully saturated rings. The van der Waals surface area contributed by atoms with E-state index in [-0.39, 0.29) is 0 Å². The average Bonchev–Trinajstić information content (AvgIpc) is 2.49. The molecule has 2 rings (SSSR count). The summed E-state index contributed by atoms with van der Waals surface area (Å²) in [7, 11) is 0. The zero-order valence-electron chi connectivity index (χ0n) is 8.90. The monoisotopic (exact) mass is 190 g/mol. The molecule has 1 aromatic rings. The molecule has 1 heterocycles. The van der Waals surface area contributed by atoms with Crippen LogP contribution in [0.4, 0.5) is 11.4 Å². The number of benzene rings is 1. The topological polar surface area (TPSA) is 29.3 Å². The summed E-state index contributed by atoms with van der Waals surface area (Å²) in [6.45, 7) is 4.58. The van der Waals surface area contributed by atoms with Gasteiger partial charge in [-0.1, -0.05) is 0 Å². The number of nitrogen functional groups attached to an aromatic ring is 1. The van der Waals surface area contributed by atoms with Crippen molar-refractivity contribution >= 4 is 11.4 Å². The smallest absolute Gasteiger partial charge is 0.0372 e. The third-order valence-corrected chi connectivity index (χ3v) is 3.14. The van der Waals surface area contributed by atoms with Gasteiger partial charge in [0.05, 0.1) is 0 Å². The van der Waals surface area contributed by atoms with Crippen molar-refractivity contribution in [1.29, 1.82) is 0 Å². The van der Waals surface area contributed by atoms with Crippen molar-refractivity contribution < 1.29 is 0 Å². The molecule has 1 saturated heterocycles. The van der Waals surface area contributed by atoms with Gasteiger partial charge in [0.15, 0.2) is 0 Å².